The number of alkyl halides is 3. The van der Waals surface area contributed by atoms with E-state index in [1.807, 2.05) is 0 Å². The Bertz CT molecular complexity index is 417. The van der Waals surface area contributed by atoms with Crippen molar-refractivity contribution in [3.05, 3.63) is 18.0 Å². The van der Waals surface area contributed by atoms with Gasteiger partial charge in [0.2, 0.25) is 0 Å². The van der Waals surface area contributed by atoms with Crippen molar-refractivity contribution in [2.24, 2.45) is 13.0 Å². The van der Waals surface area contributed by atoms with E-state index in [1.54, 1.807) is 13.2 Å². The van der Waals surface area contributed by atoms with E-state index in [0.29, 0.717) is 0 Å². The number of carboxylic acids is 1. The highest BCUT2D eigenvalue weighted by molar-refractivity contribution is 5.71. The lowest BCUT2D eigenvalue weighted by atomic mass is 10.1. The smallest absolute Gasteiger partial charge is 0.403 e. The molecule has 102 valence electrons. The predicted octanol–water partition coefficient (Wildman–Crippen LogP) is 1.11. The largest absolute Gasteiger partial charge is 0.481 e. The van der Waals surface area contributed by atoms with Crippen LogP contribution in [-0.2, 0) is 18.4 Å². The Labute approximate surface area is 102 Å². The van der Waals surface area contributed by atoms with Gasteiger partial charge in [0.15, 0.2) is 5.92 Å². The van der Waals surface area contributed by atoms with Gasteiger partial charge in [0, 0.05) is 31.9 Å². The maximum Gasteiger partial charge on any atom is 0.403 e. The number of aryl methyl sites for hydroxylation is 1. The maximum atomic E-state index is 12.5. The Hall–Kier alpha value is -1.57. The molecule has 1 rings (SSSR count). The van der Waals surface area contributed by atoms with Gasteiger partial charge in [0.1, 0.15) is 0 Å². The maximum absolute atomic E-state index is 12.5. The molecule has 0 saturated heterocycles. The van der Waals surface area contributed by atoms with Crippen molar-refractivity contribution < 1.29 is 23.1 Å². The number of halogens is 3. The number of aliphatic carboxylic acids is 1. The normalized spacial score (nSPS) is 13.9. The van der Waals surface area contributed by atoms with E-state index in [0.717, 1.165) is 5.56 Å². The van der Waals surface area contributed by atoms with Crippen molar-refractivity contribution in [2.75, 3.05) is 13.6 Å². The van der Waals surface area contributed by atoms with Gasteiger partial charge in [-0.15, -0.1) is 0 Å². The van der Waals surface area contributed by atoms with Gasteiger partial charge in [-0.25, -0.2) is 0 Å². The summed E-state index contributed by atoms with van der Waals surface area (Å²) >= 11 is 0. The van der Waals surface area contributed by atoms with Crippen LogP contribution < -0.4 is 0 Å². The van der Waals surface area contributed by atoms with Crippen LogP contribution in [0.25, 0.3) is 0 Å². The minimum atomic E-state index is -4.74. The molecule has 1 heterocycles. The zero-order valence-corrected chi connectivity index (χ0v) is 9.98. The molecular formula is C10H14F3N3O2. The fraction of sp³-hybridized carbons (Fsp3) is 0.600. The summed E-state index contributed by atoms with van der Waals surface area (Å²) in [7, 11) is 3.13. The van der Waals surface area contributed by atoms with Crippen molar-refractivity contribution in [1.29, 1.82) is 0 Å². The fourth-order valence-corrected chi connectivity index (χ4v) is 1.56. The molecule has 18 heavy (non-hydrogen) atoms. The van der Waals surface area contributed by atoms with Crippen molar-refractivity contribution in [2.45, 2.75) is 12.7 Å². The van der Waals surface area contributed by atoms with Gasteiger partial charge in [-0.1, -0.05) is 0 Å². The number of hydrogen-bond donors (Lipinski definition) is 1. The molecule has 8 heteroatoms. The van der Waals surface area contributed by atoms with Gasteiger partial charge in [0.05, 0.1) is 6.20 Å². The molecule has 0 bridgehead atoms. The van der Waals surface area contributed by atoms with E-state index < -0.39 is 24.6 Å². The first-order valence-corrected chi connectivity index (χ1v) is 5.15. The van der Waals surface area contributed by atoms with Crippen LogP contribution in [0.3, 0.4) is 0 Å². The van der Waals surface area contributed by atoms with Gasteiger partial charge in [0.25, 0.3) is 0 Å². The van der Waals surface area contributed by atoms with Crippen LogP contribution in [0, 0.1) is 5.92 Å². The lowest BCUT2D eigenvalue weighted by molar-refractivity contribution is -0.196. The van der Waals surface area contributed by atoms with Gasteiger partial charge >= 0.3 is 12.1 Å². The minimum absolute atomic E-state index is 0.216. The molecule has 0 aliphatic heterocycles. The molecule has 1 aromatic rings. The minimum Gasteiger partial charge on any atom is -0.481 e. The molecule has 0 spiro atoms. The van der Waals surface area contributed by atoms with Crippen LogP contribution >= 0.6 is 0 Å². The summed E-state index contributed by atoms with van der Waals surface area (Å²) in [5.74, 6) is -4.24. The quantitative estimate of drug-likeness (QED) is 0.866. The molecule has 0 fully saturated rings. The monoisotopic (exact) mass is 265 g/mol. The van der Waals surface area contributed by atoms with Gasteiger partial charge in [-0.05, 0) is 7.05 Å². The molecule has 5 nitrogen and oxygen atoms in total. The van der Waals surface area contributed by atoms with Crippen LogP contribution in [0.2, 0.25) is 0 Å². The Morgan fingerprint density at radius 1 is 1.61 bits per heavy atom. The fourth-order valence-electron chi connectivity index (χ4n) is 1.56. The standard InChI is InChI=1S/C10H14F3N3O2/c1-15(4-7-3-14-16(2)5-7)6-8(9(17)18)10(11,12)13/h3,5,8H,4,6H2,1-2H3,(H,17,18). The highest BCUT2D eigenvalue weighted by Gasteiger charge is 2.45. The Morgan fingerprint density at radius 3 is 2.61 bits per heavy atom. The second-order valence-corrected chi connectivity index (χ2v) is 4.15. The molecule has 1 atom stereocenters. The Kier molecular flexibility index (Phi) is 4.33. The second-order valence-electron chi connectivity index (χ2n) is 4.15. The van der Waals surface area contributed by atoms with Crippen molar-refractivity contribution in [3.63, 3.8) is 0 Å². The summed E-state index contributed by atoms with van der Waals surface area (Å²) in [5, 5.41) is 12.4. The first-order chi connectivity index (χ1) is 8.20. The average molecular weight is 265 g/mol. The van der Waals surface area contributed by atoms with Crippen LogP contribution in [-0.4, -0.2) is 45.5 Å². The number of aromatic nitrogens is 2. The summed E-state index contributed by atoms with van der Waals surface area (Å²) in [5.41, 5.74) is 0.728. The molecule has 1 N–H and O–H groups in total. The molecular weight excluding hydrogens is 251 g/mol. The SMILES string of the molecule is CN(Cc1cnn(C)c1)CC(C(=O)O)C(F)(F)F. The molecule has 0 aliphatic carbocycles. The third-order valence-corrected chi connectivity index (χ3v) is 2.40. The summed E-state index contributed by atoms with van der Waals surface area (Å²) in [4.78, 5) is 11.9. The second kappa shape index (κ2) is 5.38. The van der Waals surface area contributed by atoms with E-state index in [-0.39, 0.29) is 6.54 Å². The van der Waals surface area contributed by atoms with E-state index in [4.69, 9.17) is 5.11 Å². The Balaban J connectivity index is 2.62. The molecule has 0 saturated carbocycles. The number of rotatable bonds is 5. The molecule has 0 aliphatic rings. The zero-order chi connectivity index (χ0) is 13.9. The third kappa shape index (κ3) is 4.02. The zero-order valence-electron chi connectivity index (χ0n) is 9.98. The third-order valence-electron chi connectivity index (χ3n) is 2.40. The lowest BCUT2D eigenvalue weighted by Crippen LogP contribution is -2.39. The van der Waals surface area contributed by atoms with Gasteiger partial charge in [-0.3, -0.25) is 9.48 Å². The van der Waals surface area contributed by atoms with E-state index in [1.165, 1.54) is 22.8 Å². The topological polar surface area (TPSA) is 58.4 Å². The highest BCUT2D eigenvalue weighted by Crippen LogP contribution is 2.27. The van der Waals surface area contributed by atoms with Crippen LogP contribution in [0.5, 0.6) is 0 Å². The van der Waals surface area contributed by atoms with Crippen molar-refractivity contribution >= 4 is 5.97 Å². The van der Waals surface area contributed by atoms with Crippen LogP contribution in [0.4, 0.5) is 13.2 Å². The Morgan fingerprint density at radius 2 is 2.22 bits per heavy atom. The first-order valence-electron chi connectivity index (χ1n) is 5.15. The van der Waals surface area contributed by atoms with E-state index in [2.05, 4.69) is 5.10 Å². The summed E-state index contributed by atoms with van der Waals surface area (Å²) in [6, 6.07) is 0. The first kappa shape index (κ1) is 14.5. The number of carboxylic acid groups (broad SMARTS) is 1. The van der Waals surface area contributed by atoms with E-state index in [9.17, 15) is 18.0 Å². The van der Waals surface area contributed by atoms with Gasteiger partial charge in [-0.2, -0.15) is 18.3 Å². The molecule has 1 unspecified atom stereocenters. The van der Waals surface area contributed by atoms with E-state index >= 15 is 0 Å². The highest BCUT2D eigenvalue weighted by atomic mass is 19.4. The molecule has 0 aromatic carbocycles. The van der Waals surface area contributed by atoms with Gasteiger partial charge < -0.3 is 10.0 Å². The molecule has 0 radical (unpaired) electrons. The predicted molar refractivity (Wildman–Crippen MR) is 56.7 cm³/mol. The van der Waals surface area contributed by atoms with Crippen molar-refractivity contribution in [3.8, 4) is 0 Å². The summed E-state index contributed by atoms with van der Waals surface area (Å²) in [6.45, 7) is -0.374. The molecule has 1 aromatic heterocycles. The number of nitrogens with zero attached hydrogens (tertiary/aromatic N) is 3. The van der Waals surface area contributed by atoms with Crippen molar-refractivity contribution in [1.82, 2.24) is 14.7 Å². The average Bonchev–Trinajstić information content (AvgIpc) is 2.58. The van der Waals surface area contributed by atoms with Crippen LogP contribution in [0.15, 0.2) is 12.4 Å². The summed E-state index contributed by atoms with van der Waals surface area (Å²) < 4.78 is 38.9. The molecule has 0 amide bonds. The van der Waals surface area contributed by atoms with Crippen LogP contribution in [0.1, 0.15) is 5.56 Å². The summed E-state index contributed by atoms with van der Waals surface area (Å²) in [6.07, 6.45) is -1.55. The number of carbonyl (C=O) groups is 1. The lowest BCUT2D eigenvalue weighted by Gasteiger charge is -2.22. The number of hydrogen-bond acceptors (Lipinski definition) is 3.